The predicted octanol–water partition coefficient (Wildman–Crippen LogP) is 2.50. The molecule has 9 nitrogen and oxygen atoms in total. The van der Waals surface area contributed by atoms with E-state index in [1.165, 1.54) is 16.3 Å². The van der Waals surface area contributed by atoms with E-state index in [4.69, 9.17) is 4.74 Å². The van der Waals surface area contributed by atoms with Gasteiger partial charge in [-0.2, -0.15) is 10.2 Å². The molecule has 0 spiro atoms. The molecule has 182 valence electrons. The van der Waals surface area contributed by atoms with Gasteiger partial charge in [0.2, 0.25) is 5.91 Å². The molecule has 0 radical (unpaired) electrons. The summed E-state index contributed by atoms with van der Waals surface area (Å²) in [5.41, 5.74) is 3.59. The van der Waals surface area contributed by atoms with Crippen LogP contribution in [0, 0.1) is 0 Å². The van der Waals surface area contributed by atoms with E-state index < -0.39 is 6.04 Å². The van der Waals surface area contributed by atoms with E-state index in [0.717, 1.165) is 42.1 Å². The molecular weight excluding hydrogens is 444 g/mol. The number of carbonyl (C=O) groups is 1. The van der Waals surface area contributed by atoms with Crippen LogP contribution in [0.3, 0.4) is 0 Å². The van der Waals surface area contributed by atoms with Gasteiger partial charge in [0, 0.05) is 37.8 Å². The normalized spacial score (nSPS) is 16.2. The maximum atomic E-state index is 13.3. The number of hydrogen-bond donors (Lipinski definition) is 0. The lowest BCUT2D eigenvalue weighted by Gasteiger charge is -2.36. The Hall–Kier alpha value is -3.75. The number of amides is 1. The van der Waals surface area contributed by atoms with Crippen LogP contribution in [0.15, 0.2) is 47.3 Å². The Morgan fingerprint density at radius 1 is 1.03 bits per heavy atom. The topological polar surface area (TPSA) is 93.5 Å². The van der Waals surface area contributed by atoms with Crippen molar-refractivity contribution in [3.63, 3.8) is 0 Å². The molecule has 1 aliphatic carbocycles. The molecule has 3 heterocycles. The summed E-state index contributed by atoms with van der Waals surface area (Å²) < 4.78 is 6.78. The van der Waals surface area contributed by atoms with Crippen LogP contribution in [0.2, 0.25) is 0 Å². The number of hydrogen-bond acceptors (Lipinski definition) is 7. The van der Waals surface area contributed by atoms with Gasteiger partial charge in [-0.3, -0.25) is 9.59 Å². The third-order valence-electron chi connectivity index (χ3n) is 6.73. The van der Waals surface area contributed by atoms with Crippen LogP contribution in [-0.4, -0.2) is 63.6 Å². The minimum atomic E-state index is -0.698. The summed E-state index contributed by atoms with van der Waals surface area (Å²) in [6.07, 6.45) is 3.21. The summed E-state index contributed by atoms with van der Waals surface area (Å²) >= 11 is 0. The molecule has 1 amide bonds. The summed E-state index contributed by atoms with van der Waals surface area (Å²) in [5.74, 6) is 1.55. The summed E-state index contributed by atoms with van der Waals surface area (Å²) in [7, 11) is 0. The van der Waals surface area contributed by atoms with Gasteiger partial charge in [-0.15, -0.1) is 5.10 Å². The molecule has 2 aliphatic rings. The first-order chi connectivity index (χ1) is 17.0. The van der Waals surface area contributed by atoms with Crippen LogP contribution in [-0.2, 0) is 17.6 Å². The number of anilines is 1. The second-order valence-electron chi connectivity index (χ2n) is 8.98. The van der Waals surface area contributed by atoms with Crippen LogP contribution >= 0.6 is 0 Å². The second kappa shape index (κ2) is 9.85. The highest BCUT2D eigenvalue weighted by molar-refractivity contribution is 5.80. The second-order valence-corrected chi connectivity index (χ2v) is 8.98. The third kappa shape index (κ3) is 4.76. The SMILES string of the molecule is CCOc1ccc(-c2ccc(=O)n(C(C)C(=O)N3CCN(c4cc5c(nn4)CCC5)CC3)n2)cc1. The number of carbonyl (C=O) groups excluding carboxylic acids is 1. The average Bonchev–Trinajstić information content (AvgIpc) is 3.37. The molecular formula is C26H30N6O3. The Bertz CT molecular complexity index is 1260. The van der Waals surface area contributed by atoms with Crippen molar-refractivity contribution in [1.29, 1.82) is 0 Å². The Balaban J connectivity index is 1.26. The summed E-state index contributed by atoms with van der Waals surface area (Å²) in [5, 5.41) is 13.3. The Kier molecular flexibility index (Phi) is 6.48. The lowest BCUT2D eigenvalue weighted by atomic mass is 10.1. The Morgan fingerprint density at radius 3 is 2.54 bits per heavy atom. The monoisotopic (exact) mass is 474 g/mol. The van der Waals surface area contributed by atoms with Crippen molar-refractivity contribution < 1.29 is 9.53 Å². The van der Waals surface area contributed by atoms with Gasteiger partial charge in [0.15, 0.2) is 5.82 Å². The van der Waals surface area contributed by atoms with Crippen LogP contribution in [0.5, 0.6) is 5.75 Å². The number of piperazine rings is 1. The van der Waals surface area contributed by atoms with Crippen molar-refractivity contribution >= 4 is 11.7 Å². The van der Waals surface area contributed by atoms with E-state index in [9.17, 15) is 9.59 Å². The van der Waals surface area contributed by atoms with Gasteiger partial charge in [-0.05, 0) is 75.1 Å². The molecule has 1 unspecified atom stereocenters. The molecule has 35 heavy (non-hydrogen) atoms. The maximum Gasteiger partial charge on any atom is 0.267 e. The molecule has 1 atom stereocenters. The van der Waals surface area contributed by atoms with Gasteiger partial charge >= 0.3 is 0 Å². The fraction of sp³-hybridized carbons (Fsp3) is 0.423. The lowest BCUT2D eigenvalue weighted by Crippen LogP contribution is -2.51. The smallest absolute Gasteiger partial charge is 0.267 e. The van der Waals surface area contributed by atoms with Crippen molar-refractivity contribution in [2.75, 3.05) is 37.7 Å². The molecule has 3 aromatic rings. The minimum Gasteiger partial charge on any atom is -0.494 e. The Labute approximate surface area is 204 Å². The molecule has 1 saturated heterocycles. The van der Waals surface area contributed by atoms with Crippen molar-refractivity contribution in [3.05, 3.63) is 64.1 Å². The number of ether oxygens (including phenoxy) is 1. The fourth-order valence-corrected chi connectivity index (χ4v) is 4.74. The van der Waals surface area contributed by atoms with E-state index in [2.05, 4.69) is 26.3 Å². The molecule has 1 fully saturated rings. The minimum absolute atomic E-state index is 0.108. The standard InChI is InChI=1S/C26H30N6O3/c1-3-35-21-9-7-19(8-10-21)23-11-12-25(33)32(29-23)18(2)26(34)31-15-13-30(14-16-31)24-17-20-5-4-6-22(20)27-28-24/h7-12,17-18H,3-6,13-16H2,1-2H3. The van der Waals surface area contributed by atoms with Crippen LogP contribution < -0.4 is 15.2 Å². The predicted molar refractivity (Wildman–Crippen MR) is 133 cm³/mol. The highest BCUT2D eigenvalue weighted by atomic mass is 16.5. The third-order valence-corrected chi connectivity index (χ3v) is 6.73. The van der Waals surface area contributed by atoms with Gasteiger partial charge < -0.3 is 14.5 Å². The maximum absolute atomic E-state index is 13.3. The zero-order chi connectivity index (χ0) is 24.4. The number of fused-ring (bicyclic) bond motifs is 1. The first-order valence-corrected chi connectivity index (χ1v) is 12.3. The van der Waals surface area contributed by atoms with Gasteiger partial charge in [0.05, 0.1) is 18.0 Å². The highest BCUT2D eigenvalue weighted by Gasteiger charge is 2.28. The zero-order valence-corrected chi connectivity index (χ0v) is 20.2. The Morgan fingerprint density at radius 2 is 1.80 bits per heavy atom. The molecule has 1 aromatic carbocycles. The summed E-state index contributed by atoms with van der Waals surface area (Å²) in [4.78, 5) is 29.8. The van der Waals surface area contributed by atoms with Crippen molar-refractivity contribution in [2.45, 2.75) is 39.2 Å². The van der Waals surface area contributed by atoms with E-state index in [1.807, 2.05) is 31.2 Å². The summed E-state index contributed by atoms with van der Waals surface area (Å²) in [6.45, 7) is 6.75. The molecule has 5 rings (SSSR count). The zero-order valence-electron chi connectivity index (χ0n) is 20.2. The van der Waals surface area contributed by atoms with Gasteiger partial charge in [0.25, 0.3) is 5.56 Å². The molecule has 0 N–H and O–H groups in total. The van der Waals surface area contributed by atoms with E-state index in [1.54, 1.807) is 17.9 Å². The first kappa shape index (κ1) is 23.0. The van der Waals surface area contributed by atoms with E-state index >= 15 is 0 Å². The number of rotatable bonds is 6. The average molecular weight is 475 g/mol. The molecule has 1 aliphatic heterocycles. The largest absolute Gasteiger partial charge is 0.494 e. The lowest BCUT2D eigenvalue weighted by molar-refractivity contribution is -0.135. The highest BCUT2D eigenvalue weighted by Crippen LogP contribution is 2.24. The van der Waals surface area contributed by atoms with Gasteiger partial charge in [0.1, 0.15) is 11.8 Å². The quantitative estimate of drug-likeness (QED) is 0.542. The number of aromatic nitrogens is 4. The fourth-order valence-electron chi connectivity index (χ4n) is 4.74. The summed E-state index contributed by atoms with van der Waals surface area (Å²) in [6, 6.07) is 12.1. The molecule has 9 heteroatoms. The van der Waals surface area contributed by atoms with E-state index in [-0.39, 0.29) is 11.5 Å². The van der Waals surface area contributed by atoms with Gasteiger partial charge in [-0.1, -0.05) is 0 Å². The molecule has 2 aromatic heterocycles. The van der Waals surface area contributed by atoms with Crippen LogP contribution in [0.4, 0.5) is 5.82 Å². The number of nitrogens with zero attached hydrogens (tertiary/aromatic N) is 6. The molecule has 0 saturated carbocycles. The van der Waals surface area contributed by atoms with Crippen LogP contribution in [0.1, 0.15) is 37.6 Å². The number of aryl methyl sites for hydroxylation is 2. The number of benzene rings is 1. The van der Waals surface area contributed by atoms with E-state index in [0.29, 0.717) is 38.5 Å². The van der Waals surface area contributed by atoms with Crippen molar-refractivity contribution in [2.24, 2.45) is 0 Å². The van der Waals surface area contributed by atoms with Crippen molar-refractivity contribution in [3.8, 4) is 17.0 Å². The van der Waals surface area contributed by atoms with Crippen LogP contribution in [0.25, 0.3) is 11.3 Å². The first-order valence-electron chi connectivity index (χ1n) is 12.3. The molecule has 0 bridgehead atoms. The van der Waals surface area contributed by atoms with Crippen molar-refractivity contribution in [1.82, 2.24) is 24.9 Å². The van der Waals surface area contributed by atoms with Gasteiger partial charge in [-0.25, -0.2) is 4.68 Å².